The summed E-state index contributed by atoms with van der Waals surface area (Å²) in [5.41, 5.74) is 1.07. The Kier molecular flexibility index (Phi) is 6.24. The number of thioether (sulfide) groups is 1. The SMILES string of the molecule is CCSC(=O)CC(C)(C)CC(Cl)c1ccccc1. The Bertz CT molecular complexity index is 375. The number of alkyl halides is 1. The molecule has 1 unspecified atom stereocenters. The van der Waals surface area contributed by atoms with E-state index in [-0.39, 0.29) is 15.9 Å². The Morgan fingerprint density at radius 3 is 2.50 bits per heavy atom. The van der Waals surface area contributed by atoms with Crippen molar-refractivity contribution < 1.29 is 4.79 Å². The summed E-state index contributed by atoms with van der Waals surface area (Å²) in [5.74, 6) is 0.845. The second-order valence-electron chi connectivity index (χ2n) is 5.23. The first-order valence-electron chi connectivity index (χ1n) is 6.29. The topological polar surface area (TPSA) is 17.1 Å². The van der Waals surface area contributed by atoms with E-state index in [1.165, 1.54) is 11.8 Å². The molecule has 0 radical (unpaired) electrons. The van der Waals surface area contributed by atoms with Crippen molar-refractivity contribution in [2.75, 3.05) is 5.75 Å². The van der Waals surface area contributed by atoms with Crippen molar-refractivity contribution in [3.8, 4) is 0 Å². The van der Waals surface area contributed by atoms with E-state index in [1.807, 2.05) is 37.3 Å². The van der Waals surface area contributed by atoms with Crippen LogP contribution in [0.4, 0.5) is 0 Å². The molecule has 0 bridgehead atoms. The molecule has 0 amide bonds. The average Bonchev–Trinajstić information content (AvgIpc) is 2.29. The van der Waals surface area contributed by atoms with Crippen molar-refractivity contribution in [2.45, 2.75) is 39.0 Å². The molecule has 0 saturated heterocycles. The molecule has 0 aromatic heterocycles. The van der Waals surface area contributed by atoms with Crippen molar-refractivity contribution in [1.29, 1.82) is 0 Å². The number of carbonyl (C=O) groups is 1. The molecular weight excluding hydrogens is 264 g/mol. The van der Waals surface area contributed by atoms with Crippen molar-refractivity contribution >= 4 is 28.5 Å². The van der Waals surface area contributed by atoms with E-state index >= 15 is 0 Å². The van der Waals surface area contributed by atoms with Gasteiger partial charge in [0.05, 0.1) is 5.38 Å². The van der Waals surface area contributed by atoms with Gasteiger partial charge in [0.2, 0.25) is 0 Å². The predicted octanol–water partition coefficient (Wildman–Crippen LogP) is 5.05. The number of benzene rings is 1. The predicted molar refractivity (Wildman–Crippen MR) is 81.2 cm³/mol. The summed E-state index contributed by atoms with van der Waals surface area (Å²) in [6.07, 6.45) is 1.40. The molecule has 0 heterocycles. The molecule has 100 valence electrons. The van der Waals surface area contributed by atoms with Gasteiger partial charge in [-0.15, -0.1) is 11.6 Å². The second kappa shape index (κ2) is 7.20. The quantitative estimate of drug-likeness (QED) is 0.680. The maximum Gasteiger partial charge on any atom is 0.189 e. The van der Waals surface area contributed by atoms with E-state index in [1.54, 1.807) is 0 Å². The highest BCUT2D eigenvalue weighted by molar-refractivity contribution is 8.13. The van der Waals surface area contributed by atoms with Crippen LogP contribution in [0, 0.1) is 5.41 Å². The van der Waals surface area contributed by atoms with Gasteiger partial charge >= 0.3 is 0 Å². The number of hydrogen-bond donors (Lipinski definition) is 0. The first kappa shape index (κ1) is 15.6. The average molecular weight is 285 g/mol. The number of hydrogen-bond acceptors (Lipinski definition) is 2. The summed E-state index contributed by atoms with van der Waals surface area (Å²) in [5, 5.41) is 0.236. The van der Waals surface area contributed by atoms with Crippen LogP contribution in [0.5, 0.6) is 0 Å². The summed E-state index contributed by atoms with van der Waals surface area (Å²) in [4.78, 5) is 11.7. The standard InChI is InChI=1S/C15H21ClOS/c1-4-18-14(17)11-15(2,3)10-13(16)12-8-6-5-7-9-12/h5-9,13H,4,10-11H2,1-3H3. The van der Waals surface area contributed by atoms with E-state index in [2.05, 4.69) is 13.8 Å². The molecule has 1 nitrogen and oxygen atoms in total. The lowest BCUT2D eigenvalue weighted by Crippen LogP contribution is -2.17. The zero-order chi connectivity index (χ0) is 13.6. The van der Waals surface area contributed by atoms with Gasteiger partial charge in [-0.3, -0.25) is 4.79 Å². The lowest BCUT2D eigenvalue weighted by atomic mass is 9.83. The molecule has 1 aromatic rings. The van der Waals surface area contributed by atoms with Crippen LogP contribution in [0.15, 0.2) is 30.3 Å². The molecule has 3 heteroatoms. The van der Waals surface area contributed by atoms with Crippen molar-refractivity contribution in [1.82, 2.24) is 0 Å². The number of halogens is 1. The fraction of sp³-hybridized carbons (Fsp3) is 0.533. The lowest BCUT2D eigenvalue weighted by Gasteiger charge is -2.26. The molecule has 0 spiro atoms. The smallest absolute Gasteiger partial charge is 0.189 e. The first-order valence-corrected chi connectivity index (χ1v) is 7.71. The van der Waals surface area contributed by atoms with Gasteiger partial charge in [0, 0.05) is 6.42 Å². The molecule has 0 aliphatic carbocycles. The fourth-order valence-electron chi connectivity index (χ4n) is 1.94. The Morgan fingerprint density at radius 2 is 1.94 bits per heavy atom. The Balaban J connectivity index is 2.57. The molecular formula is C15H21ClOS. The van der Waals surface area contributed by atoms with Crippen molar-refractivity contribution in [3.63, 3.8) is 0 Å². The minimum Gasteiger partial charge on any atom is -0.287 e. The third kappa shape index (κ3) is 5.45. The summed E-state index contributed by atoms with van der Waals surface area (Å²) < 4.78 is 0. The van der Waals surface area contributed by atoms with E-state index < -0.39 is 0 Å². The van der Waals surface area contributed by atoms with Gasteiger partial charge in [-0.05, 0) is 23.2 Å². The van der Waals surface area contributed by atoms with E-state index in [4.69, 9.17) is 11.6 Å². The molecule has 0 N–H and O–H groups in total. The maximum absolute atomic E-state index is 11.7. The van der Waals surface area contributed by atoms with E-state index in [0.29, 0.717) is 6.42 Å². The summed E-state index contributed by atoms with van der Waals surface area (Å²) in [6, 6.07) is 10.1. The molecule has 1 aromatic carbocycles. The van der Waals surface area contributed by atoms with Crippen LogP contribution in [0.1, 0.15) is 44.6 Å². The fourth-order valence-corrected chi connectivity index (χ4v) is 3.32. The van der Waals surface area contributed by atoms with Crippen LogP contribution in [-0.2, 0) is 4.79 Å². The van der Waals surface area contributed by atoms with Gasteiger partial charge in [-0.1, -0.05) is 62.9 Å². The van der Waals surface area contributed by atoms with Gasteiger partial charge in [-0.25, -0.2) is 0 Å². The van der Waals surface area contributed by atoms with Gasteiger partial charge in [0.15, 0.2) is 5.12 Å². The normalized spacial score (nSPS) is 13.3. The minimum atomic E-state index is -0.0541. The molecule has 0 aliphatic rings. The highest BCUT2D eigenvalue weighted by Gasteiger charge is 2.26. The summed E-state index contributed by atoms with van der Waals surface area (Å²) in [7, 11) is 0. The highest BCUT2D eigenvalue weighted by atomic mass is 35.5. The largest absolute Gasteiger partial charge is 0.287 e. The third-order valence-corrected chi connectivity index (χ3v) is 3.98. The van der Waals surface area contributed by atoms with Crippen LogP contribution in [-0.4, -0.2) is 10.9 Å². The first-order chi connectivity index (χ1) is 8.44. The van der Waals surface area contributed by atoms with Crippen molar-refractivity contribution in [3.05, 3.63) is 35.9 Å². The second-order valence-corrected chi connectivity index (χ2v) is 7.08. The molecule has 1 rings (SSSR count). The number of carbonyl (C=O) groups excluding carboxylic acids is 1. The third-order valence-electron chi connectivity index (χ3n) is 2.82. The van der Waals surface area contributed by atoms with Crippen LogP contribution >= 0.6 is 23.4 Å². The van der Waals surface area contributed by atoms with Gasteiger partial charge in [0.1, 0.15) is 0 Å². The summed E-state index contributed by atoms with van der Waals surface area (Å²) >= 11 is 7.83. The Morgan fingerprint density at radius 1 is 1.33 bits per heavy atom. The van der Waals surface area contributed by atoms with Crippen molar-refractivity contribution in [2.24, 2.45) is 5.41 Å². The van der Waals surface area contributed by atoms with Gasteiger partial charge < -0.3 is 0 Å². The highest BCUT2D eigenvalue weighted by Crippen LogP contribution is 2.37. The maximum atomic E-state index is 11.7. The molecule has 18 heavy (non-hydrogen) atoms. The molecule has 0 fully saturated rings. The lowest BCUT2D eigenvalue weighted by molar-refractivity contribution is -0.112. The Labute approximate surface area is 119 Å². The Hall–Kier alpha value is -0.470. The van der Waals surface area contributed by atoms with Gasteiger partial charge in [-0.2, -0.15) is 0 Å². The van der Waals surface area contributed by atoms with Crippen LogP contribution in [0.3, 0.4) is 0 Å². The molecule has 1 atom stereocenters. The summed E-state index contributed by atoms with van der Waals surface area (Å²) in [6.45, 7) is 6.22. The van der Waals surface area contributed by atoms with E-state index in [9.17, 15) is 4.79 Å². The zero-order valence-corrected chi connectivity index (χ0v) is 12.9. The molecule has 0 saturated carbocycles. The number of rotatable bonds is 6. The van der Waals surface area contributed by atoms with Crippen LogP contribution < -0.4 is 0 Å². The van der Waals surface area contributed by atoms with Crippen LogP contribution in [0.25, 0.3) is 0 Å². The molecule has 0 aliphatic heterocycles. The van der Waals surface area contributed by atoms with Crippen LogP contribution in [0.2, 0.25) is 0 Å². The minimum absolute atomic E-state index is 0.0272. The zero-order valence-electron chi connectivity index (χ0n) is 11.3. The monoisotopic (exact) mass is 284 g/mol. The van der Waals surface area contributed by atoms with E-state index in [0.717, 1.165) is 17.7 Å². The van der Waals surface area contributed by atoms with Gasteiger partial charge in [0.25, 0.3) is 0 Å².